The van der Waals surface area contributed by atoms with Crippen LogP contribution in [-0.4, -0.2) is 82.5 Å². The summed E-state index contributed by atoms with van der Waals surface area (Å²) in [5.74, 6) is -0.811. The molecule has 1 aromatic rings. The lowest BCUT2D eigenvalue weighted by Crippen LogP contribution is -2.55. The first-order valence-electron chi connectivity index (χ1n) is 16.7. The Bertz CT molecular complexity index is 1320. The number of hydrogen-bond acceptors (Lipinski definition) is 10. The highest BCUT2D eigenvalue weighted by Crippen LogP contribution is 2.38. The fraction of sp³-hybridized carbons (Fsp3) is 0.743. The van der Waals surface area contributed by atoms with E-state index in [-0.39, 0.29) is 6.42 Å². The van der Waals surface area contributed by atoms with Crippen LogP contribution in [0.1, 0.15) is 123 Å². The van der Waals surface area contributed by atoms with Gasteiger partial charge in [0.15, 0.2) is 0 Å². The molecule has 1 atom stereocenters. The van der Waals surface area contributed by atoms with Crippen molar-refractivity contribution in [2.45, 2.75) is 169 Å². The number of ether oxygens (including phenoxy) is 3. The molecule has 0 aromatic heterocycles. The number of imide groups is 1. The van der Waals surface area contributed by atoms with Gasteiger partial charge in [0, 0.05) is 6.42 Å². The molecular weight excluding hydrogens is 616 g/mol. The van der Waals surface area contributed by atoms with Crippen LogP contribution in [0.4, 0.5) is 9.59 Å². The second kappa shape index (κ2) is 12.9. The van der Waals surface area contributed by atoms with Gasteiger partial charge in [-0.2, -0.15) is 4.90 Å². The number of hydrogen-bond donors (Lipinski definition) is 0. The molecule has 0 N–H and O–H groups in total. The summed E-state index contributed by atoms with van der Waals surface area (Å²) in [6.45, 7) is 30.9. The second-order valence-corrected chi connectivity index (χ2v) is 17.7. The summed E-state index contributed by atoms with van der Waals surface area (Å²) < 4.78 is 42.7. The van der Waals surface area contributed by atoms with Gasteiger partial charge in [0.05, 0.1) is 22.4 Å². The van der Waals surface area contributed by atoms with Gasteiger partial charge < -0.3 is 32.8 Å². The van der Waals surface area contributed by atoms with Crippen molar-refractivity contribution in [3.63, 3.8) is 0 Å². The average Bonchev–Trinajstić information content (AvgIpc) is 3.19. The maximum absolute atomic E-state index is 14.0. The molecule has 1 aromatic carbocycles. The minimum Gasteiger partial charge on any atom is -0.458 e. The number of amides is 2. The molecule has 3 rings (SSSR count). The zero-order chi connectivity index (χ0) is 37.1. The van der Waals surface area contributed by atoms with E-state index in [1.807, 2.05) is 67.5 Å². The fourth-order valence-corrected chi connectivity index (χ4v) is 4.92. The summed E-state index contributed by atoms with van der Waals surface area (Å²) in [7, 11) is -1.55. The number of carbonyl (C=O) groups excluding carboxylic acids is 3. The minimum absolute atomic E-state index is 0.156. The molecule has 0 unspecified atom stereocenters. The van der Waals surface area contributed by atoms with Gasteiger partial charge in [-0.15, -0.1) is 0 Å². The van der Waals surface area contributed by atoms with Crippen molar-refractivity contribution >= 4 is 43.3 Å². The largest absolute Gasteiger partial charge is 0.495 e. The quantitative estimate of drug-likeness (QED) is 0.211. The summed E-state index contributed by atoms with van der Waals surface area (Å²) in [6, 6.07) is 4.04. The van der Waals surface area contributed by atoms with Crippen LogP contribution < -0.4 is 10.9 Å². The molecule has 0 radical (unpaired) electrons. The lowest BCUT2D eigenvalue weighted by molar-refractivity contribution is -0.161. The number of benzene rings is 1. The Morgan fingerprint density at radius 3 is 1.40 bits per heavy atom. The van der Waals surface area contributed by atoms with Crippen LogP contribution in [0.25, 0.3) is 0 Å². The van der Waals surface area contributed by atoms with Gasteiger partial charge in [0.2, 0.25) is 0 Å². The molecule has 11 nitrogen and oxygen atoms in total. The third-order valence-electron chi connectivity index (χ3n) is 8.79. The van der Waals surface area contributed by atoms with Crippen molar-refractivity contribution < 1.29 is 47.2 Å². The molecular formula is C35H57B2NO10. The van der Waals surface area contributed by atoms with Crippen LogP contribution in [0.2, 0.25) is 0 Å². The molecule has 2 fully saturated rings. The zero-order valence-corrected chi connectivity index (χ0v) is 32.2. The lowest BCUT2D eigenvalue weighted by atomic mass is 9.69. The Labute approximate surface area is 288 Å². The maximum Gasteiger partial charge on any atom is 0.495 e. The second-order valence-electron chi connectivity index (χ2n) is 17.7. The Balaban J connectivity index is 2.22. The van der Waals surface area contributed by atoms with Gasteiger partial charge >= 0.3 is 32.4 Å². The third-order valence-corrected chi connectivity index (χ3v) is 8.79. The van der Waals surface area contributed by atoms with E-state index in [1.165, 1.54) is 0 Å². The number of nitrogens with zero attached hydrogens (tertiary/aromatic N) is 1. The number of esters is 1. The van der Waals surface area contributed by atoms with Crippen LogP contribution in [0, 0.1) is 0 Å². The molecule has 2 heterocycles. The highest BCUT2D eigenvalue weighted by Gasteiger charge is 2.55. The maximum atomic E-state index is 14.0. The van der Waals surface area contributed by atoms with E-state index < -0.39 is 77.6 Å². The third kappa shape index (κ3) is 9.34. The van der Waals surface area contributed by atoms with Gasteiger partial charge in [-0.05, 0) is 134 Å². The van der Waals surface area contributed by atoms with Gasteiger partial charge in [-0.3, -0.25) is 0 Å². The van der Waals surface area contributed by atoms with Crippen molar-refractivity contribution in [3.05, 3.63) is 23.8 Å². The molecule has 48 heavy (non-hydrogen) atoms. The van der Waals surface area contributed by atoms with Crippen LogP contribution in [0.3, 0.4) is 0 Å². The van der Waals surface area contributed by atoms with Gasteiger partial charge in [-0.1, -0.05) is 18.2 Å². The fourth-order valence-electron chi connectivity index (χ4n) is 4.92. The van der Waals surface area contributed by atoms with Crippen LogP contribution in [0.15, 0.2) is 18.2 Å². The van der Waals surface area contributed by atoms with Crippen LogP contribution in [-0.2, 0) is 44.0 Å². The number of rotatable bonds is 6. The summed E-state index contributed by atoms with van der Waals surface area (Å²) in [5, 5.41) is 0. The van der Waals surface area contributed by atoms with Gasteiger partial charge in [0.25, 0.3) is 0 Å². The first-order valence-corrected chi connectivity index (χ1v) is 16.7. The first-order chi connectivity index (χ1) is 21.3. The molecule has 0 spiro atoms. The molecule has 0 aliphatic carbocycles. The van der Waals surface area contributed by atoms with Gasteiger partial charge in [-0.25, -0.2) is 14.4 Å². The molecule has 268 valence electrons. The molecule has 2 saturated heterocycles. The Morgan fingerprint density at radius 2 is 1.02 bits per heavy atom. The van der Waals surface area contributed by atoms with E-state index in [0.717, 1.165) is 0 Å². The van der Waals surface area contributed by atoms with Crippen molar-refractivity contribution in [2.75, 3.05) is 0 Å². The first kappa shape index (κ1) is 39.8. The number of carbonyl (C=O) groups is 3. The molecule has 2 aliphatic rings. The molecule has 2 amide bonds. The highest BCUT2D eigenvalue weighted by molar-refractivity contribution is 6.66. The predicted octanol–water partition coefficient (Wildman–Crippen LogP) is 5.71. The van der Waals surface area contributed by atoms with E-state index in [0.29, 0.717) is 21.4 Å². The molecule has 0 bridgehead atoms. The Kier molecular flexibility index (Phi) is 10.7. The van der Waals surface area contributed by atoms with Crippen LogP contribution >= 0.6 is 0 Å². The normalized spacial score (nSPS) is 20.7. The molecule has 2 aliphatic heterocycles. The van der Waals surface area contributed by atoms with Crippen molar-refractivity contribution in [1.82, 2.24) is 4.90 Å². The van der Waals surface area contributed by atoms with Crippen molar-refractivity contribution in [3.8, 4) is 0 Å². The van der Waals surface area contributed by atoms with E-state index in [2.05, 4.69) is 0 Å². The van der Waals surface area contributed by atoms with E-state index >= 15 is 0 Å². The van der Waals surface area contributed by atoms with Crippen LogP contribution in [0.5, 0.6) is 0 Å². The lowest BCUT2D eigenvalue weighted by Gasteiger charge is -2.34. The highest BCUT2D eigenvalue weighted by atomic mass is 16.7. The summed E-state index contributed by atoms with van der Waals surface area (Å²) in [6.07, 6.45) is -2.24. The van der Waals surface area contributed by atoms with E-state index in [1.54, 1.807) is 68.4 Å². The molecule has 13 heteroatoms. The Hall–Kier alpha value is -2.60. The molecule has 0 saturated carbocycles. The van der Waals surface area contributed by atoms with E-state index in [9.17, 15) is 14.4 Å². The van der Waals surface area contributed by atoms with E-state index in [4.69, 9.17) is 32.8 Å². The zero-order valence-electron chi connectivity index (χ0n) is 32.2. The topological polar surface area (TPSA) is 119 Å². The average molecular weight is 673 g/mol. The smallest absolute Gasteiger partial charge is 0.458 e. The monoisotopic (exact) mass is 673 g/mol. The minimum atomic E-state index is -1.47. The van der Waals surface area contributed by atoms with Crippen molar-refractivity contribution in [2.24, 2.45) is 0 Å². The standard InChI is InChI=1S/C35H57B2NO10/c1-29(2,3)42-26(39)25(38(27(40)43-30(4,5)6)28(41)44-31(7,8)9)20-22-18-19-23(36-45-32(10,11)33(12,13)46-36)21-24(22)37-47-34(14,15)35(16,17)48-37/h18-19,21,25H,20H2,1-17H3/t25-/m0/s1. The van der Waals surface area contributed by atoms with Gasteiger partial charge in [0.1, 0.15) is 22.8 Å². The predicted molar refractivity (Wildman–Crippen MR) is 186 cm³/mol. The summed E-state index contributed by atoms with van der Waals surface area (Å²) in [4.78, 5) is 42.3. The summed E-state index contributed by atoms with van der Waals surface area (Å²) >= 11 is 0. The SMILES string of the molecule is CC(C)(C)OC(=O)[C@H](Cc1ccc(B2OC(C)(C)C(C)(C)O2)cc1B1OC(C)(C)C(C)(C)O1)N(C(=O)OC(C)(C)C)C(=O)OC(C)(C)C. The Morgan fingerprint density at radius 1 is 0.646 bits per heavy atom. The van der Waals surface area contributed by atoms with Crippen molar-refractivity contribution in [1.29, 1.82) is 0 Å². The summed E-state index contributed by atoms with van der Waals surface area (Å²) in [5.41, 5.74) is -3.54.